The second kappa shape index (κ2) is 6.81. The van der Waals surface area contributed by atoms with E-state index in [0.29, 0.717) is 5.75 Å². The predicted octanol–water partition coefficient (Wildman–Crippen LogP) is 3.21. The zero-order chi connectivity index (χ0) is 16.5. The number of aryl methyl sites for hydroxylation is 2. The lowest BCUT2D eigenvalue weighted by Gasteiger charge is -2.09. The van der Waals surface area contributed by atoms with E-state index in [9.17, 15) is 4.79 Å². The molecule has 0 saturated carbocycles. The number of rotatable bonds is 5. The average Bonchev–Trinajstić information content (AvgIpc) is 3.17. The molecule has 3 aromatic heterocycles. The highest BCUT2D eigenvalue weighted by atomic mass is 32.2. The number of fused-ring (bicyclic) bond motifs is 3. The molecule has 1 aliphatic rings. The second-order valence-electron chi connectivity index (χ2n) is 5.57. The van der Waals surface area contributed by atoms with Crippen LogP contribution in [0.4, 0.5) is 5.13 Å². The number of anilines is 1. The molecule has 3 heterocycles. The number of thiazole rings is 1. The van der Waals surface area contributed by atoms with Crippen molar-refractivity contribution in [3.05, 3.63) is 32.7 Å². The monoisotopic (exact) mass is 379 g/mol. The van der Waals surface area contributed by atoms with E-state index < -0.39 is 0 Å². The minimum Gasteiger partial charge on any atom is -0.360 e. The van der Waals surface area contributed by atoms with Gasteiger partial charge < -0.3 is 5.32 Å². The molecule has 126 valence electrons. The van der Waals surface area contributed by atoms with Crippen molar-refractivity contribution in [2.24, 2.45) is 0 Å². The van der Waals surface area contributed by atoms with Crippen LogP contribution in [0.5, 0.6) is 0 Å². The van der Waals surface area contributed by atoms with Crippen LogP contribution in [-0.2, 0) is 18.6 Å². The van der Waals surface area contributed by atoms with Gasteiger partial charge in [-0.05, 0) is 32.6 Å². The van der Waals surface area contributed by atoms with Crippen LogP contribution in [0.2, 0.25) is 0 Å². The SMILES string of the molecule is CCNc1nnc(SCc2cc(=O)n3c4c(sc3n2)CCCC4)s1. The molecule has 24 heavy (non-hydrogen) atoms. The van der Waals surface area contributed by atoms with E-state index in [4.69, 9.17) is 4.98 Å². The molecule has 0 spiro atoms. The Balaban J connectivity index is 1.57. The van der Waals surface area contributed by atoms with E-state index in [-0.39, 0.29) is 5.56 Å². The van der Waals surface area contributed by atoms with Gasteiger partial charge in [-0.15, -0.1) is 21.5 Å². The normalized spacial score (nSPS) is 14.0. The van der Waals surface area contributed by atoms with Gasteiger partial charge in [-0.25, -0.2) is 4.98 Å². The largest absolute Gasteiger partial charge is 0.360 e. The van der Waals surface area contributed by atoms with Crippen LogP contribution in [0.3, 0.4) is 0 Å². The molecule has 6 nitrogen and oxygen atoms in total. The van der Waals surface area contributed by atoms with Crippen LogP contribution in [0.15, 0.2) is 15.2 Å². The number of nitrogens with one attached hydrogen (secondary N) is 1. The fourth-order valence-corrected chi connectivity index (χ4v) is 5.79. The summed E-state index contributed by atoms with van der Waals surface area (Å²) in [6, 6.07) is 1.66. The third kappa shape index (κ3) is 3.07. The minimum atomic E-state index is 0.0422. The Hall–Kier alpha value is -1.45. The maximum Gasteiger partial charge on any atom is 0.259 e. The van der Waals surface area contributed by atoms with E-state index >= 15 is 0 Å². The van der Waals surface area contributed by atoms with E-state index in [1.165, 1.54) is 28.3 Å². The molecule has 0 saturated heterocycles. The lowest BCUT2D eigenvalue weighted by molar-refractivity contribution is 0.670. The minimum absolute atomic E-state index is 0.0422. The van der Waals surface area contributed by atoms with Gasteiger partial charge in [-0.1, -0.05) is 23.1 Å². The van der Waals surface area contributed by atoms with Crippen molar-refractivity contribution < 1.29 is 0 Å². The Kier molecular flexibility index (Phi) is 4.55. The highest BCUT2D eigenvalue weighted by Crippen LogP contribution is 2.30. The third-order valence-corrected chi connectivity index (χ3v) is 7.08. The molecule has 0 atom stereocenters. The van der Waals surface area contributed by atoms with E-state index in [1.807, 2.05) is 11.3 Å². The van der Waals surface area contributed by atoms with Gasteiger partial charge in [0.15, 0.2) is 9.30 Å². The van der Waals surface area contributed by atoms with E-state index in [0.717, 1.165) is 45.9 Å². The van der Waals surface area contributed by atoms with Gasteiger partial charge in [0.25, 0.3) is 5.56 Å². The maximum atomic E-state index is 12.5. The number of nitrogens with zero attached hydrogens (tertiary/aromatic N) is 4. The van der Waals surface area contributed by atoms with Gasteiger partial charge in [0, 0.05) is 28.9 Å². The maximum absolute atomic E-state index is 12.5. The number of aromatic nitrogens is 4. The Labute approximate surface area is 151 Å². The standard InChI is InChI=1S/C15H17N5OS3/c1-2-16-13-18-19-15(24-13)22-8-9-7-12(21)20-10-5-3-4-6-11(10)23-14(20)17-9/h7H,2-6,8H2,1H3,(H,16,18). The first-order chi connectivity index (χ1) is 11.7. The summed E-state index contributed by atoms with van der Waals surface area (Å²) < 4.78 is 2.69. The Morgan fingerprint density at radius 2 is 2.17 bits per heavy atom. The van der Waals surface area contributed by atoms with Crippen molar-refractivity contribution in [1.82, 2.24) is 19.6 Å². The molecule has 0 amide bonds. The summed E-state index contributed by atoms with van der Waals surface area (Å²) >= 11 is 4.77. The van der Waals surface area contributed by atoms with Crippen LogP contribution >= 0.6 is 34.4 Å². The van der Waals surface area contributed by atoms with Crippen molar-refractivity contribution in [3.63, 3.8) is 0 Å². The topological polar surface area (TPSA) is 72.2 Å². The van der Waals surface area contributed by atoms with Crippen molar-refractivity contribution in [2.45, 2.75) is 42.7 Å². The molecular formula is C15H17N5OS3. The van der Waals surface area contributed by atoms with Gasteiger partial charge >= 0.3 is 0 Å². The first-order valence-corrected chi connectivity index (χ1v) is 10.6. The molecule has 1 N–H and O–H groups in total. The Morgan fingerprint density at radius 1 is 1.29 bits per heavy atom. The lowest BCUT2D eigenvalue weighted by Crippen LogP contribution is -2.17. The first kappa shape index (κ1) is 16.0. The summed E-state index contributed by atoms with van der Waals surface area (Å²) in [6.45, 7) is 2.86. The highest BCUT2D eigenvalue weighted by Gasteiger charge is 2.18. The molecule has 0 unspecified atom stereocenters. The van der Waals surface area contributed by atoms with Gasteiger partial charge in [-0.2, -0.15) is 0 Å². The van der Waals surface area contributed by atoms with Crippen LogP contribution in [0, 0.1) is 0 Å². The summed E-state index contributed by atoms with van der Waals surface area (Å²) in [5, 5.41) is 12.2. The quantitative estimate of drug-likeness (QED) is 0.686. The second-order valence-corrected chi connectivity index (χ2v) is 8.84. The number of thioether (sulfide) groups is 1. The van der Waals surface area contributed by atoms with Gasteiger partial charge in [-0.3, -0.25) is 9.20 Å². The summed E-state index contributed by atoms with van der Waals surface area (Å²) in [6.07, 6.45) is 4.43. The van der Waals surface area contributed by atoms with Crippen molar-refractivity contribution in [2.75, 3.05) is 11.9 Å². The average molecular weight is 380 g/mol. The van der Waals surface area contributed by atoms with Crippen molar-refractivity contribution in [1.29, 1.82) is 0 Å². The summed E-state index contributed by atoms with van der Waals surface area (Å²) in [4.78, 5) is 19.4. The zero-order valence-electron chi connectivity index (χ0n) is 13.2. The molecular weight excluding hydrogens is 362 g/mol. The molecule has 0 bridgehead atoms. The lowest BCUT2D eigenvalue weighted by atomic mass is 10.0. The Morgan fingerprint density at radius 3 is 3.04 bits per heavy atom. The molecule has 9 heteroatoms. The summed E-state index contributed by atoms with van der Waals surface area (Å²) in [7, 11) is 0. The predicted molar refractivity (Wildman–Crippen MR) is 99.6 cm³/mol. The smallest absolute Gasteiger partial charge is 0.259 e. The van der Waals surface area contributed by atoms with Gasteiger partial charge in [0.2, 0.25) is 5.13 Å². The molecule has 3 aromatic rings. The van der Waals surface area contributed by atoms with Crippen LogP contribution < -0.4 is 10.9 Å². The summed E-state index contributed by atoms with van der Waals surface area (Å²) in [5.74, 6) is 0.634. The van der Waals surface area contributed by atoms with Gasteiger partial charge in [0.1, 0.15) is 0 Å². The third-order valence-electron chi connectivity index (χ3n) is 3.89. The van der Waals surface area contributed by atoms with E-state index in [1.54, 1.807) is 29.2 Å². The first-order valence-electron chi connectivity index (χ1n) is 7.98. The van der Waals surface area contributed by atoms with Crippen LogP contribution in [0.25, 0.3) is 4.96 Å². The highest BCUT2D eigenvalue weighted by molar-refractivity contribution is 8.00. The van der Waals surface area contributed by atoms with Crippen LogP contribution in [0.1, 0.15) is 36.0 Å². The summed E-state index contributed by atoms with van der Waals surface area (Å²) in [5.41, 5.74) is 2.03. The molecule has 4 rings (SSSR count). The molecule has 0 aliphatic heterocycles. The fourth-order valence-electron chi connectivity index (χ4n) is 2.84. The molecule has 0 aromatic carbocycles. The zero-order valence-corrected chi connectivity index (χ0v) is 15.7. The fraction of sp³-hybridized carbons (Fsp3) is 0.467. The molecule has 0 fully saturated rings. The van der Waals surface area contributed by atoms with Crippen molar-refractivity contribution in [3.8, 4) is 0 Å². The number of hydrogen-bond donors (Lipinski definition) is 1. The van der Waals surface area contributed by atoms with E-state index in [2.05, 4.69) is 15.5 Å². The van der Waals surface area contributed by atoms with Crippen molar-refractivity contribution >= 4 is 44.5 Å². The number of hydrogen-bond acceptors (Lipinski definition) is 8. The van der Waals surface area contributed by atoms with Gasteiger partial charge in [0.05, 0.1) is 5.69 Å². The Bertz CT molecular complexity index is 929. The van der Waals surface area contributed by atoms with Crippen LogP contribution in [-0.4, -0.2) is 26.1 Å². The molecule has 1 aliphatic carbocycles. The molecule has 0 radical (unpaired) electrons.